The molecule has 1 aromatic rings. The van der Waals surface area contributed by atoms with Gasteiger partial charge >= 0.3 is 11.9 Å². The van der Waals surface area contributed by atoms with Gasteiger partial charge in [-0.3, -0.25) is 0 Å². The maximum absolute atomic E-state index is 12.3. The van der Waals surface area contributed by atoms with Crippen LogP contribution in [-0.2, 0) is 28.4 Å². The summed E-state index contributed by atoms with van der Waals surface area (Å²) in [6.45, 7) is 0.778. The predicted molar refractivity (Wildman–Crippen MR) is 126 cm³/mol. The fraction of sp³-hybridized carbons (Fsp3) is 0.667. The van der Waals surface area contributed by atoms with Crippen LogP contribution in [0.15, 0.2) is 24.3 Å². The van der Waals surface area contributed by atoms with E-state index in [-0.39, 0.29) is 103 Å². The third-order valence-corrected chi connectivity index (χ3v) is 4.69. The molecule has 12 heteroatoms. The molecule has 0 bridgehead atoms. The van der Waals surface area contributed by atoms with Crippen molar-refractivity contribution < 1.29 is 58.4 Å². The Hall–Kier alpha value is -2.16. The fourth-order valence-electron chi connectivity index (χ4n) is 2.84. The Morgan fingerprint density at radius 2 is 0.972 bits per heavy atom. The van der Waals surface area contributed by atoms with Crippen LogP contribution < -0.4 is 0 Å². The topological polar surface area (TPSA) is 170 Å². The molecule has 0 aliphatic carbocycles. The molecule has 4 N–H and O–H groups in total. The molecule has 1 rings (SSSR count). The number of carbonyl (C=O) groups is 2. The Labute approximate surface area is 210 Å². The van der Waals surface area contributed by atoms with E-state index in [4.69, 9.17) is 48.8 Å². The minimum absolute atomic E-state index is 0.0690. The Morgan fingerprint density at radius 3 is 1.31 bits per heavy atom. The molecule has 0 fully saturated rings. The Morgan fingerprint density at radius 1 is 0.583 bits per heavy atom. The molecule has 206 valence electrons. The van der Waals surface area contributed by atoms with Gasteiger partial charge in [0.15, 0.2) is 0 Å². The van der Waals surface area contributed by atoms with Crippen molar-refractivity contribution >= 4 is 11.9 Å². The van der Waals surface area contributed by atoms with Crippen molar-refractivity contribution in [3.05, 3.63) is 35.4 Å². The number of esters is 2. The van der Waals surface area contributed by atoms with Crippen LogP contribution in [0.5, 0.6) is 0 Å². The molecule has 1 aromatic carbocycles. The average Bonchev–Trinajstić information content (AvgIpc) is 2.89. The van der Waals surface area contributed by atoms with Gasteiger partial charge in [0.2, 0.25) is 0 Å². The van der Waals surface area contributed by atoms with Crippen molar-refractivity contribution in [2.45, 2.75) is 25.0 Å². The van der Waals surface area contributed by atoms with Gasteiger partial charge in [-0.1, -0.05) is 0 Å². The lowest BCUT2D eigenvalue weighted by Gasteiger charge is -2.17. The second kappa shape index (κ2) is 21.0. The number of aliphatic hydroxyl groups excluding tert-OH is 4. The number of aliphatic hydroxyl groups is 4. The zero-order chi connectivity index (χ0) is 26.4. The third-order valence-electron chi connectivity index (χ3n) is 4.69. The summed E-state index contributed by atoms with van der Waals surface area (Å²) in [5.41, 5.74) is 0.454. The maximum Gasteiger partial charge on any atom is 0.338 e. The molecule has 12 nitrogen and oxygen atoms in total. The minimum atomic E-state index is -0.613. The van der Waals surface area contributed by atoms with Crippen LogP contribution in [0, 0.1) is 0 Å². The van der Waals surface area contributed by atoms with Crippen molar-refractivity contribution in [3.8, 4) is 0 Å². The summed E-state index contributed by atoms with van der Waals surface area (Å²) in [4.78, 5) is 24.7. The largest absolute Gasteiger partial charge is 0.459 e. The van der Waals surface area contributed by atoms with E-state index >= 15 is 0 Å². The van der Waals surface area contributed by atoms with Crippen LogP contribution in [0.1, 0.15) is 33.6 Å². The number of rotatable bonds is 22. The van der Waals surface area contributed by atoms with Crippen LogP contribution in [0.3, 0.4) is 0 Å². The van der Waals surface area contributed by atoms with Gasteiger partial charge in [0, 0.05) is 13.2 Å². The highest BCUT2D eigenvalue weighted by Gasteiger charge is 2.17. The van der Waals surface area contributed by atoms with Crippen molar-refractivity contribution in [2.75, 3.05) is 79.3 Å². The average molecular weight is 519 g/mol. The van der Waals surface area contributed by atoms with Crippen molar-refractivity contribution in [1.82, 2.24) is 0 Å². The summed E-state index contributed by atoms with van der Waals surface area (Å²) in [6.07, 6.45) is -0.480. The number of benzene rings is 1. The monoisotopic (exact) mass is 518 g/mol. The SMILES string of the molecule is O=C(OCC(CCO)OCCOCCO)c1ccc(C(=O)OCC(CCO)OCCOCCO)cc1. The number of hydrogen-bond donors (Lipinski definition) is 4. The molecular weight excluding hydrogens is 480 g/mol. The maximum atomic E-state index is 12.3. The number of carbonyl (C=O) groups excluding carboxylic acids is 2. The van der Waals surface area contributed by atoms with Crippen molar-refractivity contribution in [1.29, 1.82) is 0 Å². The molecule has 2 atom stereocenters. The van der Waals surface area contributed by atoms with Crippen LogP contribution in [0.25, 0.3) is 0 Å². The Kier molecular flexibility index (Phi) is 18.6. The molecule has 0 aliphatic heterocycles. The Balaban J connectivity index is 2.46. The zero-order valence-corrected chi connectivity index (χ0v) is 20.4. The number of hydrogen-bond acceptors (Lipinski definition) is 12. The van der Waals surface area contributed by atoms with Crippen LogP contribution in [0.4, 0.5) is 0 Å². The predicted octanol–water partition coefficient (Wildman–Crippen LogP) is -0.447. The normalized spacial score (nSPS) is 12.8. The van der Waals surface area contributed by atoms with E-state index in [0.717, 1.165) is 0 Å². The van der Waals surface area contributed by atoms with E-state index in [0.29, 0.717) is 0 Å². The molecule has 0 amide bonds. The zero-order valence-electron chi connectivity index (χ0n) is 20.4. The molecule has 0 aromatic heterocycles. The highest BCUT2D eigenvalue weighted by molar-refractivity contribution is 5.93. The summed E-state index contributed by atoms with van der Waals surface area (Å²) in [5, 5.41) is 35.7. The fourth-order valence-corrected chi connectivity index (χ4v) is 2.84. The standard InChI is InChI=1S/C24H38O12/c25-7-5-21(33-15-13-31-11-9-27)17-35-23(29)19-1-2-20(4-3-19)24(30)36-18-22(6-8-26)34-16-14-32-12-10-28/h1-4,21-22,25-28H,5-18H2. The van der Waals surface area contributed by atoms with Crippen LogP contribution in [0.2, 0.25) is 0 Å². The lowest BCUT2D eigenvalue weighted by Crippen LogP contribution is -2.25. The summed E-state index contributed by atoms with van der Waals surface area (Å²) >= 11 is 0. The highest BCUT2D eigenvalue weighted by Crippen LogP contribution is 2.10. The smallest absolute Gasteiger partial charge is 0.338 e. The van der Waals surface area contributed by atoms with Gasteiger partial charge < -0.3 is 48.8 Å². The second-order valence-electron chi connectivity index (χ2n) is 7.46. The first-order valence-electron chi connectivity index (χ1n) is 11.8. The van der Waals surface area contributed by atoms with Gasteiger partial charge in [-0.05, 0) is 37.1 Å². The summed E-state index contributed by atoms with van der Waals surface area (Å²) in [7, 11) is 0. The van der Waals surface area contributed by atoms with E-state index < -0.39 is 24.1 Å². The first-order chi connectivity index (χ1) is 17.5. The van der Waals surface area contributed by atoms with Crippen molar-refractivity contribution in [3.63, 3.8) is 0 Å². The van der Waals surface area contributed by atoms with Crippen LogP contribution >= 0.6 is 0 Å². The molecule has 0 heterocycles. The summed E-state index contributed by atoms with van der Waals surface area (Å²) in [6, 6.07) is 5.74. The minimum Gasteiger partial charge on any atom is -0.459 e. The lowest BCUT2D eigenvalue weighted by molar-refractivity contribution is -0.0399. The summed E-state index contributed by atoms with van der Waals surface area (Å²) in [5.74, 6) is -1.23. The molecule has 0 aliphatic rings. The van der Waals surface area contributed by atoms with Gasteiger partial charge in [-0.25, -0.2) is 9.59 Å². The molecule has 0 radical (unpaired) electrons. The highest BCUT2D eigenvalue weighted by atomic mass is 16.6. The van der Waals surface area contributed by atoms with Gasteiger partial charge in [0.25, 0.3) is 0 Å². The van der Waals surface area contributed by atoms with Crippen molar-refractivity contribution in [2.24, 2.45) is 0 Å². The van der Waals surface area contributed by atoms with Gasteiger partial charge in [-0.2, -0.15) is 0 Å². The second-order valence-corrected chi connectivity index (χ2v) is 7.46. The summed E-state index contributed by atoms with van der Waals surface area (Å²) < 4.78 is 31.7. The molecule has 0 saturated heterocycles. The van der Waals surface area contributed by atoms with E-state index in [9.17, 15) is 9.59 Å². The molecule has 36 heavy (non-hydrogen) atoms. The first kappa shape index (κ1) is 31.9. The van der Waals surface area contributed by atoms with Gasteiger partial charge in [0.05, 0.1) is 76.2 Å². The lowest BCUT2D eigenvalue weighted by atomic mass is 10.1. The molecule has 0 saturated carbocycles. The molecule has 0 spiro atoms. The van der Waals surface area contributed by atoms with E-state index in [1.165, 1.54) is 24.3 Å². The van der Waals surface area contributed by atoms with E-state index in [1.54, 1.807) is 0 Å². The molecular formula is C24H38O12. The van der Waals surface area contributed by atoms with Crippen LogP contribution in [-0.4, -0.2) is 124 Å². The third kappa shape index (κ3) is 14.4. The van der Waals surface area contributed by atoms with Gasteiger partial charge in [0.1, 0.15) is 13.2 Å². The first-order valence-corrected chi connectivity index (χ1v) is 11.8. The van der Waals surface area contributed by atoms with E-state index in [2.05, 4.69) is 0 Å². The van der Waals surface area contributed by atoms with E-state index in [1.807, 2.05) is 0 Å². The number of ether oxygens (including phenoxy) is 6. The molecule has 2 unspecified atom stereocenters. The Bertz CT molecular complexity index is 638. The quantitative estimate of drug-likeness (QED) is 0.115. The van der Waals surface area contributed by atoms with Gasteiger partial charge in [-0.15, -0.1) is 0 Å².